The molecule has 0 aliphatic heterocycles. The van der Waals surface area contributed by atoms with Gasteiger partial charge in [-0.15, -0.1) is 0 Å². The molecule has 1 heterocycles. The van der Waals surface area contributed by atoms with Crippen molar-refractivity contribution in [2.24, 2.45) is 5.10 Å². The number of carbonyl (C=O) groups excluding carboxylic acids is 1. The van der Waals surface area contributed by atoms with Crippen molar-refractivity contribution in [1.29, 1.82) is 0 Å². The largest absolute Gasteiger partial charge is 0.455 e. The molecule has 0 aliphatic carbocycles. The molecule has 26 heavy (non-hydrogen) atoms. The van der Waals surface area contributed by atoms with Gasteiger partial charge in [0.1, 0.15) is 17.3 Å². The molecule has 0 spiro atoms. The van der Waals surface area contributed by atoms with Gasteiger partial charge in [-0.25, -0.2) is 9.82 Å². The Balaban J connectivity index is 1.66. The molecule has 1 N–H and O–H groups in total. The lowest BCUT2D eigenvalue weighted by Gasteiger charge is -2.00. The molecule has 0 bridgehead atoms. The summed E-state index contributed by atoms with van der Waals surface area (Å²) < 4.78 is 19.0. The van der Waals surface area contributed by atoms with E-state index in [-0.39, 0.29) is 11.3 Å². The van der Waals surface area contributed by atoms with Crippen molar-refractivity contribution in [2.75, 3.05) is 0 Å². The van der Waals surface area contributed by atoms with Gasteiger partial charge in [-0.1, -0.05) is 12.1 Å². The van der Waals surface area contributed by atoms with Gasteiger partial charge in [0.15, 0.2) is 0 Å². The zero-order valence-electron chi connectivity index (χ0n) is 13.3. The summed E-state index contributed by atoms with van der Waals surface area (Å²) in [5.41, 5.74) is 2.74. The fourth-order valence-corrected chi connectivity index (χ4v) is 2.18. The molecule has 3 aromatic rings. The highest BCUT2D eigenvalue weighted by Crippen LogP contribution is 2.24. The zero-order chi connectivity index (χ0) is 18.5. The summed E-state index contributed by atoms with van der Waals surface area (Å²) in [6, 6.07) is 14.7. The Labute approximate surface area is 146 Å². The highest BCUT2D eigenvalue weighted by Gasteiger charge is 2.10. The lowest BCUT2D eigenvalue weighted by atomic mass is 10.1. The first-order valence-corrected chi connectivity index (χ1v) is 7.47. The van der Waals surface area contributed by atoms with Gasteiger partial charge in [0.2, 0.25) is 0 Å². The number of nitro groups is 1. The van der Waals surface area contributed by atoms with Gasteiger partial charge in [0.05, 0.1) is 16.7 Å². The van der Waals surface area contributed by atoms with E-state index in [2.05, 4.69) is 10.5 Å². The van der Waals surface area contributed by atoms with Crippen LogP contribution in [0.15, 0.2) is 70.2 Å². The van der Waals surface area contributed by atoms with Crippen molar-refractivity contribution in [2.45, 2.75) is 0 Å². The molecule has 0 saturated heterocycles. The Morgan fingerprint density at radius 2 is 1.85 bits per heavy atom. The highest BCUT2D eigenvalue weighted by atomic mass is 19.1. The second-order valence-corrected chi connectivity index (χ2v) is 5.18. The predicted octanol–water partition coefficient (Wildman–Crippen LogP) is 3.76. The lowest BCUT2D eigenvalue weighted by Crippen LogP contribution is -2.18. The van der Waals surface area contributed by atoms with Crippen LogP contribution in [0.2, 0.25) is 0 Å². The molecular weight excluding hydrogens is 341 g/mol. The lowest BCUT2D eigenvalue weighted by molar-refractivity contribution is -0.384. The van der Waals surface area contributed by atoms with Crippen LogP contribution in [0.4, 0.5) is 10.1 Å². The smallest absolute Gasteiger partial charge is 0.274 e. The zero-order valence-corrected chi connectivity index (χ0v) is 13.3. The molecule has 3 rings (SSSR count). The molecule has 1 aromatic heterocycles. The fraction of sp³-hybridized carbons (Fsp3) is 0. The van der Waals surface area contributed by atoms with Crippen LogP contribution in [0, 0.1) is 15.9 Å². The molecule has 0 fully saturated rings. The molecule has 0 radical (unpaired) electrons. The molecule has 1 amide bonds. The van der Waals surface area contributed by atoms with E-state index < -0.39 is 16.6 Å². The Morgan fingerprint density at radius 1 is 1.12 bits per heavy atom. The van der Waals surface area contributed by atoms with E-state index in [0.717, 1.165) is 0 Å². The van der Waals surface area contributed by atoms with Gasteiger partial charge in [-0.3, -0.25) is 14.9 Å². The molecule has 2 aromatic carbocycles. The van der Waals surface area contributed by atoms with E-state index in [4.69, 9.17) is 4.42 Å². The number of hydrogen-bond donors (Lipinski definition) is 1. The Bertz CT molecular complexity index is 980. The first-order chi connectivity index (χ1) is 12.5. The number of halogens is 1. The van der Waals surface area contributed by atoms with Crippen molar-refractivity contribution >= 4 is 17.8 Å². The maximum absolute atomic E-state index is 13.5. The third-order valence-electron chi connectivity index (χ3n) is 3.47. The minimum atomic E-state index is -0.679. The monoisotopic (exact) mass is 353 g/mol. The number of benzene rings is 2. The van der Waals surface area contributed by atoms with Crippen molar-refractivity contribution in [3.05, 3.63) is 87.9 Å². The number of non-ortho nitro benzene ring substituents is 1. The van der Waals surface area contributed by atoms with E-state index in [9.17, 15) is 19.3 Å². The molecule has 0 unspecified atom stereocenters. The molecule has 0 aliphatic rings. The van der Waals surface area contributed by atoms with Gasteiger partial charge in [0.25, 0.3) is 11.6 Å². The Morgan fingerprint density at radius 3 is 2.54 bits per heavy atom. The van der Waals surface area contributed by atoms with Crippen LogP contribution in [-0.2, 0) is 0 Å². The predicted molar refractivity (Wildman–Crippen MR) is 92.3 cm³/mol. The van der Waals surface area contributed by atoms with Crippen LogP contribution < -0.4 is 5.43 Å². The van der Waals surface area contributed by atoms with Gasteiger partial charge in [-0.2, -0.15) is 5.10 Å². The standard InChI is InChI=1S/C18H12FN3O4/c19-16-4-2-1-3-15(16)18(23)21-20-11-14-9-10-17(26-14)12-5-7-13(8-6-12)22(24)25/h1-11H,(H,21,23)/b20-11-. The molecule has 0 atom stereocenters. The normalized spacial score (nSPS) is 10.8. The van der Waals surface area contributed by atoms with Crippen molar-refractivity contribution in [3.63, 3.8) is 0 Å². The third kappa shape index (κ3) is 3.81. The van der Waals surface area contributed by atoms with E-state index >= 15 is 0 Å². The molecular formula is C18H12FN3O4. The first-order valence-electron chi connectivity index (χ1n) is 7.47. The van der Waals surface area contributed by atoms with E-state index in [0.29, 0.717) is 17.1 Å². The van der Waals surface area contributed by atoms with Crippen molar-refractivity contribution in [3.8, 4) is 11.3 Å². The summed E-state index contributed by atoms with van der Waals surface area (Å²) in [6.45, 7) is 0. The number of amides is 1. The quantitative estimate of drug-likeness (QED) is 0.429. The van der Waals surface area contributed by atoms with Crippen LogP contribution in [0.5, 0.6) is 0 Å². The average molecular weight is 353 g/mol. The van der Waals surface area contributed by atoms with Crippen molar-refractivity contribution in [1.82, 2.24) is 5.43 Å². The summed E-state index contributed by atoms with van der Waals surface area (Å²) in [5.74, 6) is -0.478. The van der Waals surface area contributed by atoms with Gasteiger partial charge in [-0.05, 0) is 36.4 Å². The SMILES string of the molecule is O=C(N/N=C\c1ccc(-c2ccc([N+](=O)[O-])cc2)o1)c1ccccc1F. The van der Waals surface area contributed by atoms with Crippen LogP contribution in [-0.4, -0.2) is 17.0 Å². The Kier molecular flexibility index (Phi) is 4.84. The molecule has 8 heteroatoms. The summed E-state index contributed by atoms with van der Waals surface area (Å²) in [6.07, 6.45) is 1.27. The maximum atomic E-state index is 13.5. The number of nitrogens with zero attached hydrogens (tertiary/aromatic N) is 2. The van der Waals surface area contributed by atoms with Crippen LogP contribution in [0.1, 0.15) is 16.1 Å². The second-order valence-electron chi connectivity index (χ2n) is 5.18. The number of nitro benzene ring substituents is 1. The number of furan rings is 1. The molecule has 7 nitrogen and oxygen atoms in total. The minimum Gasteiger partial charge on any atom is -0.455 e. The summed E-state index contributed by atoms with van der Waals surface area (Å²) >= 11 is 0. The van der Waals surface area contributed by atoms with E-state index in [1.54, 1.807) is 30.3 Å². The maximum Gasteiger partial charge on any atom is 0.274 e. The second kappa shape index (κ2) is 7.39. The first kappa shape index (κ1) is 17.0. The van der Waals surface area contributed by atoms with Crippen LogP contribution in [0.3, 0.4) is 0 Å². The average Bonchev–Trinajstić information content (AvgIpc) is 3.11. The summed E-state index contributed by atoms with van der Waals surface area (Å²) in [5, 5.41) is 14.4. The minimum absolute atomic E-state index is 0.0158. The molecule has 0 saturated carbocycles. The molecule has 130 valence electrons. The number of carbonyl (C=O) groups is 1. The number of nitrogens with one attached hydrogen (secondary N) is 1. The van der Waals surface area contributed by atoms with Gasteiger partial charge in [0, 0.05) is 17.7 Å². The van der Waals surface area contributed by atoms with Crippen LogP contribution >= 0.6 is 0 Å². The number of rotatable bonds is 5. The van der Waals surface area contributed by atoms with Gasteiger partial charge >= 0.3 is 0 Å². The van der Waals surface area contributed by atoms with Gasteiger partial charge < -0.3 is 4.42 Å². The van der Waals surface area contributed by atoms with Crippen molar-refractivity contribution < 1.29 is 18.5 Å². The third-order valence-corrected chi connectivity index (χ3v) is 3.47. The highest BCUT2D eigenvalue weighted by molar-refractivity contribution is 5.94. The Hall–Kier alpha value is -3.81. The van der Waals surface area contributed by atoms with E-state index in [1.807, 2.05) is 0 Å². The number of hydrazone groups is 1. The fourth-order valence-electron chi connectivity index (χ4n) is 2.18. The number of hydrogen-bond acceptors (Lipinski definition) is 5. The summed E-state index contributed by atoms with van der Waals surface area (Å²) in [7, 11) is 0. The topological polar surface area (TPSA) is 97.7 Å². The van der Waals surface area contributed by atoms with E-state index in [1.165, 1.54) is 36.5 Å². The van der Waals surface area contributed by atoms with Crippen LogP contribution in [0.25, 0.3) is 11.3 Å². The summed E-state index contributed by atoms with van der Waals surface area (Å²) in [4.78, 5) is 22.0.